The highest BCUT2D eigenvalue weighted by Crippen LogP contribution is 2.34. The van der Waals surface area contributed by atoms with Crippen LogP contribution >= 0.6 is 0 Å². The van der Waals surface area contributed by atoms with Crippen molar-refractivity contribution in [2.24, 2.45) is 11.8 Å². The van der Waals surface area contributed by atoms with Crippen LogP contribution in [0.15, 0.2) is 71.5 Å². The number of hydrogen-bond acceptors (Lipinski definition) is 4. The van der Waals surface area contributed by atoms with Gasteiger partial charge < -0.3 is 13.9 Å². The predicted octanol–water partition coefficient (Wildman–Crippen LogP) is 6.08. The van der Waals surface area contributed by atoms with Crippen molar-refractivity contribution in [1.82, 2.24) is 19.4 Å². The molecule has 2 fully saturated rings. The second kappa shape index (κ2) is 8.33. The molecule has 1 aliphatic heterocycles. The van der Waals surface area contributed by atoms with Crippen LogP contribution in [0.25, 0.3) is 44.6 Å². The van der Waals surface area contributed by atoms with Crippen molar-refractivity contribution in [1.29, 1.82) is 0 Å². The second-order valence-corrected chi connectivity index (χ2v) is 10.4. The number of oxazole rings is 1. The van der Waals surface area contributed by atoms with Gasteiger partial charge in [-0.25, -0.2) is 9.97 Å². The molecule has 0 bridgehead atoms. The molecular weight excluding hydrogens is 448 g/mol. The van der Waals surface area contributed by atoms with Gasteiger partial charge in [0, 0.05) is 31.1 Å². The van der Waals surface area contributed by atoms with E-state index in [1.807, 2.05) is 6.07 Å². The van der Waals surface area contributed by atoms with E-state index in [9.17, 15) is 4.79 Å². The SMILES string of the molecule is Cc1ccc2c(c1)nc(-c1ccc(-c3ccc4ocnc4c3)cc1)n2C[C@@H]1CCN(C(=O)C2CC2)C1. The molecule has 1 aliphatic carbocycles. The van der Waals surface area contributed by atoms with Crippen LogP contribution in [-0.4, -0.2) is 38.4 Å². The smallest absolute Gasteiger partial charge is 0.225 e. The quantitative estimate of drug-likeness (QED) is 0.308. The van der Waals surface area contributed by atoms with E-state index < -0.39 is 0 Å². The summed E-state index contributed by atoms with van der Waals surface area (Å²) in [5.41, 5.74) is 8.38. The van der Waals surface area contributed by atoms with Gasteiger partial charge in [-0.2, -0.15) is 0 Å². The highest BCUT2D eigenvalue weighted by Gasteiger charge is 2.36. The number of benzene rings is 3. The third-order valence-electron chi connectivity index (χ3n) is 7.68. The summed E-state index contributed by atoms with van der Waals surface area (Å²) < 4.78 is 7.74. The number of fused-ring (bicyclic) bond motifs is 2. The minimum atomic E-state index is 0.292. The number of rotatable bonds is 5. The fourth-order valence-electron chi connectivity index (χ4n) is 5.52. The topological polar surface area (TPSA) is 64.2 Å². The predicted molar refractivity (Wildman–Crippen MR) is 140 cm³/mol. The first-order valence-corrected chi connectivity index (χ1v) is 12.8. The zero-order valence-corrected chi connectivity index (χ0v) is 20.4. The van der Waals surface area contributed by atoms with Crippen molar-refractivity contribution >= 4 is 28.0 Å². The van der Waals surface area contributed by atoms with Gasteiger partial charge in [0.2, 0.25) is 5.91 Å². The van der Waals surface area contributed by atoms with Gasteiger partial charge in [0.25, 0.3) is 0 Å². The first kappa shape index (κ1) is 21.4. The molecule has 180 valence electrons. The molecule has 1 saturated heterocycles. The van der Waals surface area contributed by atoms with Gasteiger partial charge in [0.1, 0.15) is 11.3 Å². The van der Waals surface area contributed by atoms with Gasteiger partial charge in [-0.15, -0.1) is 0 Å². The summed E-state index contributed by atoms with van der Waals surface area (Å²) >= 11 is 0. The minimum Gasteiger partial charge on any atom is -0.443 e. The van der Waals surface area contributed by atoms with Crippen LogP contribution in [0.2, 0.25) is 0 Å². The van der Waals surface area contributed by atoms with E-state index in [1.54, 1.807) is 0 Å². The summed E-state index contributed by atoms with van der Waals surface area (Å²) in [6.07, 6.45) is 4.66. The average molecular weight is 477 g/mol. The summed E-state index contributed by atoms with van der Waals surface area (Å²) in [5, 5.41) is 0. The number of nitrogens with zero attached hydrogens (tertiary/aromatic N) is 4. The maximum Gasteiger partial charge on any atom is 0.225 e. The standard InChI is InChI=1S/C30H28N4O2/c1-19-2-10-27-25(14-19)32-29(34(27)17-20-12-13-33(16-20)30(35)23-7-8-23)22-5-3-21(4-6-22)24-9-11-28-26(15-24)31-18-36-28/h2-6,9-11,14-15,18,20,23H,7-8,12-13,16-17H2,1H3/t20-/m1/s1. The van der Waals surface area contributed by atoms with Gasteiger partial charge in [-0.05, 0) is 73.1 Å². The lowest BCUT2D eigenvalue weighted by molar-refractivity contribution is -0.131. The molecular formula is C30H28N4O2. The Morgan fingerprint density at radius 2 is 1.75 bits per heavy atom. The first-order valence-electron chi connectivity index (χ1n) is 12.8. The number of aryl methyl sites for hydroxylation is 1. The molecule has 0 spiro atoms. The highest BCUT2D eigenvalue weighted by molar-refractivity contribution is 5.83. The largest absolute Gasteiger partial charge is 0.443 e. The minimum absolute atomic E-state index is 0.292. The summed E-state index contributed by atoms with van der Waals surface area (Å²) in [5.74, 6) is 2.09. The van der Waals surface area contributed by atoms with Gasteiger partial charge in [0.15, 0.2) is 12.0 Å². The van der Waals surface area contributed by atoms with Crippen molar-refractivity contribution in [2.45, 2.75) is 32.7 Å². The highest BCUT2D eigenvalue weighted by atomic mass is 16.3. The number of aromatic nitrogens is 3. The zero-order valence-electron chi connectivity index (χ0n) is 20.4. The maximum absolute atomic E-state index is 12.6. The molecule has 1 amide bonds. The number of hydrogen-bond donors (Lipinski definition) is 0. The zero-order chi connectivity index (χ0) is 24.2. The molecule has 2 aromatic heterocycles. The summed E-state index contributed by atoms with van der Waals surface area (Å²) in [4.78, 5) is 24.0. The number of likely N-dealkylation sites (tertiary alicyclic amines) is 1. The lowest BCUT2D eigenvalue weighted by Crippen LogP contribution is -2.30. The van der Waals surface area contributed by atoms with Crippen molar-refractivity contribution in [3.63, 3.8) is 0 Å². The van der Waals surface area contributed by atoms with Crippen LogP contribution in [0, 0.1) is 18.8 Å². The molecule has 6 heteroatoms. The molecule has 3 heterocycles. The van der Waals surface area contributed by atoms with Crippen LogP contribution in [0.1, 0.15) is 24.8 Å². The van der Waals surface area contributed by atoms with Crippen molar-refractivity contribution in [2.75, 3.05) is 13.1 Å². The monoisotopic (exact) mass is 476 g/mol. The Morgan fingerprint density at radius 3 is 2.58 bits per heavy atom. The van der Waals surface area contributed by atoms with Crippen LogP contribution < -0.4 is 0 Å². The molecule has 1 atom stereocenters. The van der Waals surface area contributed by atoms with E-state index in [1.165, 1.54) is 12.0 Å². The fraction of sp³-hybridized carbons (Fsp3) is 0.300. The third kappa shape index (κ3) is 3.77. The molecule has 6 nitrogen and oxygen atoms in total. The van der Waals surface area contributed by atoms with Gasteiger partial charge in [-0.1, -0.05) is 36.4 Å². The Hall–Kier alpha value is -3.93. The van der Waals surface area contributed by atoms with E-state index >= 15 is 0 Å². The molecule has 36 heavy (non-hydrogen) atoms. The third-order valence-corrected chi connectivity index (χ3v) is 7.68. The number of imidazole rings is 1. The van der Waals surface area contributed by atoms with Crippen LogP contribution in [0.5, 0.6) is 0 Å². The Morgan fingerprint density at radius 1 is 0.944 bits per heavy atom. The fourth-order valence-corrected chi connectivity index (χ4v) is 5.52. The Bertz CT molecular complexity index is 1590. The lowest BCUT2D eigenvalue weighted by Gasteiger charge is -2.18. The van der Waals surface area contributed by atoms with Gasteiger partial charge in [0.05, 0.1) is 11.0 Å². The molecule has 5 aromatic rings. The van der Waals surface area contributed by atoms with E-state index in [0.717, 1.165) is 83.5 Å². The molecule has 7 rings (SSSR count). The van der Waals surface area contributed by atoms with Gasteiger partial charge in [-0.3, -0.25) is 4.79 Å². The summed E-state index contributed by atoms with van der Waals surface area (Å²) in [7, 11) is 0. The Balaban J connectivity index is 1.21. The van der Waals surface area contributed by atoms with E-state index in [4.69, 9.17) is 9.40 Å². The van der Waals surface area contributed by atoms with E-state index in [-0.39, 0.29) is 0 Å². The second-order valence-electron chi connectivity index (χ2n) is 10.4. The number of amides is 1. The lowest BCUT2D eigenvalue weighted by atomic mass is 10.0. The molecule has 2 aliphatic rings. The average Bonchev–Trinajstić information content (AvgIpc) is 3.30. The number of carbonyl (C=O) groups is 1. The van der Waals surface area contributed by atoms with E-state index in [0.29, 0.717) is 17.7 Å². The molecule has 1 saturated carbocycles. The van der Waals surface area contributed by atoms with E-state index in [2.05, 4.69) is 76.0 Å². The molecule has 0 unspecified atom stereocenters. The van der Waals surface area contributed by atoms with Gasteiger partial charge >= 0.3 is 0 Å². The van der Waals surface area contributed by atoms with Crippen molar-refractivity contribution in [3.8, 4) is 22.5 Å². The number of carbonyl (C=O) groups excluding carboxylic acids is 1. The normalized spacial score (nSPS) is 17.9. The Kier molecular flexibility index (Phi) is 4.94. The van der Waals surface area contributed by atoms with Crippen LogP contribution in [-0.2, 0) is 11.3 Å². The summed E-state index contributed by atoms with van der Waals surface area (Å²) in [6, 6.07) is 21.2. The van der Waals surface area contributed by atoms with Crippen molar-refractivity contribution < 1.29 is 9.21 Å². The van der Waals surface area contributed by atoms with Crippen LogP contribution in [0.3, 0.4) is 0 Å². The molecule has 3 aromatic carbocycles. The summed E-state index contributed by atoms with van der Waals surface area (Å²) in [6.45, 7) is 4.71. The Labute approximate surface area is 209 Å². The molecule has 0 N–H and O–H groups in total. The van der Waals surface area contributed by atoms with Crippen molar-refractivity contribution in [3.05, 3.63) is 72.6 Å². The maximum atomic E-state index is 12.6. The first-order chi connectivity index (χ1) is 17.6. The van der Waals surface area contributed by atoms with Crippen LogP contribution in [0.4, 0.5) is 0 Å². The molecule has 0 radical (unpaired) electrons.